The molecular weight excluding hydrogens is 244 g/mol. The molecule has 0 radical (unpaired) electrons. The van der Waals surface area contributed by atoms with Crippen molar-refractivity contribution in [1.82, 2.24) is 9.36 Å². The maximum absolute atomic E-state index is 6.09. The largest absolute Gasteiger partial charge is 0.367 e. The summed E-state index contributed by atoms with van der Waals surface area (Å²) in [4.78, 5) is 4.04. The molecule has 2 rings (SSSR count). The van der Waals surface area contributed by atoms with Gasteiger partial charge in [-0.3, -0.25) is 0 Å². The molecule has 1 heterocycles. The van der Waals surface area contributed by atoms with Crippen molar-refractivity contribution >= 4 is 34.2 Å². The van der Waals surface area contributed by atoms with Crippen LogP contribution in [-0.4, -0.2) is 9.36 Å². The van der Waals surface area contributed by atoms with Crippen molar-refractivity contribution in [3.63, 3.8) is 0 Å². The summed E-state index contributed by atoms with van der Waals surface area (Å²) in [5.74, 6) is 0.291. The fourth-order valence-electron chi connectivity index (χ4n) is 1.38. The van der Waals surface area contributed by atoms with Gasteiger partial charge in [-0.25, -0.2) is 0 Å². The van der Waals surface area contributed by atoms with Gasteiger partial charge in [-0.1, -0.05) is 29.8 Å². The highest BCUT2D eigenvalue weighted by atomic mass is 35.5. The van der Waals surface area contributed by atoms with E-state index in [1.807, 2.05) is 31.2 Å². The molecule has 84 valence electrons. The van der Waals surface area contributed by atoms with Crippen molar-refractivity contribution in [3.05, 3.63) is 34.9 Å². The standard InChI is InChI=1S/C10H11ClN4S/c1-6(7-4-2-3-5-8(7)11)13-10-14-9(12)15-16-10/h2-6H,1H3,(H3,12,13,14,15). The number of nitrogens with zero attached hydrogens (tertiary/aromatic N) is 2. The van der Waals surface area contributed by atoms with Crippen LogP contribution in [0, 0.1) is 0 Å². The predicted octanol–water partition coefficient (Wildman–Crippen LogP) is 2.95. The molecule has 0 saturated heterocycles. The highest BCUT2D eigenvalue weighted by molar-refractivity contribution is 7.09. The van der Waals surface area contributed by atoms with Crippen molar-refractivity contribution in [3.8, 4) is 0 Å². The van der Waals surface area contributed by atoms with Gasteiger partial charge in [-0.05, 0) is 18.6 Å². The Morgan fingerprint density at radius 2 is 2.19 bits per heavy atom. The number of nitrogens with one attached hydrogen (secondary N) is 1. The average molecular weight is 255 g/mol. The van der Waals surface area contributed by atoms with Gasteiger partial charge in [-0.2, -0.15) is 9.36 Å². The number of aromatic nitrogens is 2. The molecule has 1 atom stereocenters. The molecule has 2 aromatic rings. The number of hydrogen-bond acceptors (Lipinski definition) is 5. The van der Waals surface area contributed by atoms with Crippen molar-refractivity contribution < 1.29 is 0 Å². The zero-order valence-electron chi connectivity index (χ0n) is 8.64. The van der Waals surface area contributed by atoms with Gasteiger partial charge in [0, 0.05) is 16.6 Å². The molecule has 0 fully saturated rings. The van der Waals surface area contributed by atoms with Gasteiger partial charge < -0.3 is 11.1 Å². The Kier molecular flexibility index (Phi) is 3.26. The Bertz CT molecular complexity index is 485. The Morgan fingerprint density at radius 3 is 2.81 bits per heavy atom. The molecule has 6 heteroatoms. The summed E-state index contributed by atoms with van der Waals surface area (Å²) in [6.45, 7) is 2.01. The van der Waals surface area contributed by atoms with Crippen molar-refractivity contribution in [1.29, 1.82) is 0 Å². The molecule has 1 unspecified atom stereocenters. The van der Waals surface area contributed by atoms with Crippen molar-refractivity contribution in [2.75, 3.05) is 11.1 Å². The van der Waals surface area contributed by atoms with Gasteiger partial charge in [0.15, 0.2) is 0 Å². The van der Waals surface area contributed by atoms with E-state index in [1.54, 1.807) is 0 Å². The van der Waals surface area contributed by atoms with E-state index < -0.39 is 0 Å². The predicted molar refractivity (Wildman–Crippen MR) is 67.8 cm³/mol. The van der Waals surface area contributed by atoms with Crippen LogP contribution in [0.5, 0.6) is 0 Å². The molecule has 4 nitrogen and oxygen atoms in total. The fraction of sp³-hybridized carbons (Fsp3) is 0.200. The zero-order chi connectivity index (χ0) is 11.5. The van der Waals surface area contributed by atoms with E-state index >= 15 is 0 Å². The first kappa shape index (κ1) is 11.2. The molecule has 1 aromatic carbocycles. The number of hydrogen-bond donors (Lipinski definition) is 2. The number of rotatable bonds is 3. The minimum absolute atomic E-state index is 0.0704. The van der Waals surface area contributed by atoms with Gasteiger partial charge in [0.2, 0.25) is 11.1 Å². The van der Waals surface area contributed by atoms with E-state index in [4.69, 9.17) is 17.3 Å². The van der Waals surface area contributed by atoms with Crippen LogP contribution < -0.4 is 11.1 Å². The van der Waals surface area contributed by atoms with Crippen LogP contribution in [-0.2, 0) is 0 Å². The van der Waals surface area contributed by atoms with Crippen LogP contribution in [0.4, 0.5) is 11.1 Å². The normalized spacial score (nSPS) is 12.4. The highest BCUT2D eigenvalue weighted by Crippen LogP contribution is 2.26. The van der Waals surface area contributed by atoms with Gasteiger partial charge in [0.05, 0.1) is 6.04 Å². The van der Waals surface area contributed by atoms with Crippen molar-refractivity contribution in [2.45, 2.75) is 13.0 Å². The van der Waals surface area contributed by atoms with Gasteiger partial charge in [0.1, 0.15) is 0 Å². The number of benzene rings is 1. The summed E-state index contributed by atoms with van der Waals surface area (Å²) in [5.41, 5.74) is 6.47. The van der Waals surface area contributed by atoms with E-state index in [0.29, 0.717) is 11.1 Å². The molecule has 0 aliphatic heterocycles. The number of anilines is 2. The summed E-state index contributed by atoms with van der Waals surface area (Å²) in [7, 11) is 0. The number of halogens is 1. The van der Waals surface area contributed by atoms with Crippen LogP contribution in [0.2, 0.25) is 5.02 Å². The molecule has 0 aliphatic carbocycles. The van der Waals surface area contributed by atoms with Gasteiger partial charge in [-0.15, -0.1) is 0 Å². The number of nitrogen functional groups attached to an aromatic ring is 1. The molecule has 0 amide bonds. The smallest absolute Gasteiger partial charge is 0.233 e. The van der Waals surface area contributed by atoms with Crippen LogP contribution in [0.15, 0.2) is 24.3 Å². The van der Waals surface area contributed by atoms with E-state index in [2.05, 4.69) is 14.7 Å². The summed E-state index contributed by atoms with van der Waals surface area (Å²) >= 11 is 7.33. The second-order valence-corrected chi connectivity index (χ2v) is 4.50. The van der Waals surface area contributed by atoms with Crippen LogP contribution >= 0.6 is 23.1 Å². The lowest BCUT2D eigenvalue weighted by molar-refractivity contribution is 0.882. The minimum Gasteiger partial charge on any atom is -0.367 e. The monoisotopic (exact) mass is 254 g/mol. The second kappa shape index (κ2) is 4.67. The third-order valence-electron chi connectivity index (χ3n) is 2.15. The van der Waals surface area contributed by atoms with E-state index in [9.17, 15) is 0 Å². The Balaban J connectivity index is 2.14. The molecule has 3 N–H and O–H groups in total. The first-order chi connectivity index (χ1) is 7.66. The summed E-state index contributed by atoms with van der Waals surface area (Å²) in [6, 6.07) is 7.77. The quantitative estimate of drug-likeness (QED) is 0.884. The number of nitrogens with two attached hydrogens (primary N) is 1. The summed E-state index contributed by atoms with van der Waals surface area (Å²) in [5, 5.41) is 4.64. The van der Waals surface area contributed by atoms with Crippen LogP contribution in [0.3, 0.4) is 0 Å². The first-order valence-electron chi connectivity index (χ1n) is 4.77. The average Bonchev–Trinajstić information content (AvgIpc) is 2.64. The second-order valence-electron chi connectivity index (χ2n) is 3.35. The zero-order valence-corrected chi connectivity index (χ0v) is 10.2. The minimum atomic E-state index is 0.0704. The molecule has 0 aliphatic rings. The molecule has 0 spiro atoms. The lowest BCUT2D eigenvalue weighted by Crippen LogP contribution is -2.06. The fourth-order valence-corrected chi connectivity index (χ4v) is 2.27. The Hall–Kier alpha value is -1.33. The van der Waals surface area contributed by atoms with E-state index in [1.165, 1.54) is 11.5 Å². The maximum Gasteiger partial charge on any atom is 0.233 e. The van der Waals surface area contributed by atoms with Crippen LogP contribution in [0.25, 0.3) is 0 Å². The Morgan fingerprint density at radius 1 is 1.44 bits per heavy atom. The third kappa shape index (κ3) is 2.43. The lowest BCUT2D eigenvalue weighted by Gasteiger charge is -2.14. The van der Waals surface area contributed by atoms with Gasteiger partial charge in [0.25, 0.3) is 0 Å². The maximum atomic E-state index is 6.09. The third-order valence-corrected chi connectivity index (χ3v) is 3.16. The summed E-state index contributed by atoms with van der Waals surface area (Å²) < 4.78 is 3.90. The molecule has 0 saturated carbocycles. The molecular formula is C10H11ClN4S. The summed E-state index contributed by atoms with van der Waals surface area (Å²) in [6.07, 6.45) is 0. The highest BCUT2D eigenvalue weighted by Gasteiger charge is 2.10. The van der Waals surface area contributed by atoms with E-state index in [0.717, 1.165) is 10.6 Å². The Labute approximate surface area is 103 Å². The van der Waals surface area contributed by atoms with Crippen molar-refractivity contribution in [2.24, 2.45) is 0 Å². The van der Waals surface area contributed by atoms with Crippen LogP contribution in [0.1, 0.15) is 18.5 Å². The molecule has 1 aromatic heterocycles. The SMILES string of the molecule is CC(Nc1nc(N)ns1)c1ccccc1Cl. The lowest BCUT2D eigenvalue weighted by atomic mass is 10.1. The topological polar surface area (TPSA) is 63.8 Å². The first-order valence-corrected chi connectivity index (χ1v) is 5.92. The van der Waals surface area contributed by atoms with E-state index in [-0.39, 0.29) is 6.04 Å². The molecule has 0 bridgehead atoms. The van der Waals surface area contributed by atoms with Gasteiger partial charge >= 0.3 is 0 Å². The molecule has 16 heavy (non-hydrogen) atoms.